The van der Waals surface area contributed by atoms with E-state index in [1.807, 2.05) is 6.07 Å². The molecule has 1 aromatic heterocycles. The van der Waals surface area contributed by atoms with Crippen molar-refractivity contribution in [3.63, 3.8) is 0 Å². The lowest BCUT2D eigenvalue weighted by atomic mass is 10.2. The van der Waals surface area contributed by atoms with Gasteiger partial charge in [-0.3, -0.25) is 4.79 Å². The van der Waals surface area contributed by atoms with Crippen molar-refractivity contribution in [1.82, 2.24) is 5.43 Å². The van der Waals surface area contributed by atoms with Gasteiger partial charge in [0.15, 0.2) is 17.4 Å². The molecule has 1 aliphatic heterocycles. The molecule has 0 aliphatic carbocycles. The summed E-state index contributed by atoms with van der Waals surface area (Å²) in [4.78, 5) is 14.3. The largest absolute Gasteiger partial charge is 0.493 e. The van der Waals surface area contributed by atoms with E-state index >= 15 is 0 Å². The van der Waals surface area contributed by atoms with Crippen molar-refractivity contribution in [3.8, 4) is 11.5 Å². The second-order valence-electron chi connectivity index (χ2n) is 5.54. The van der Waals surface area contributed by atoms with Gasteiger partial charge in [-0.15, -0.1) is 0 Å². The van der Waals surface area contributed by atoms with Crippen molar-refractivity contribution in [1.29, 1.82) is 0 Å². The number of nitrogens with one attached hydrogen (secondary N) is 1. The summed E-state index contributed by atoms with van der Waals surface area (Å²) in [7, 11) is 3.05. The number of ether oxygens (including phenoxy) is 3. The van der Waals surface area contributed by atoms with Crippen LogP contribution in [0.1, 0.15) is 16.1 Å². The molecule has 8 nitrogen and oxygen atoms in total. The van der Waals surface area contributed by atoms with Gasteiger partial charge >= 0.3 is 0 Å². The van der Waals surface area contributed by atoms with Crippen LogP contribution >= 0.6 is 0 Å². The predicted molar refractivity (Wildman–Crippen MR) is 96.3 cm³/mol. The van der Waals surface area contributed by atoms with Crippen LogP contribution in [0.5, 0.6) is 11.5 Å². The Labute approximate surface area is 151 Å². The van der Waals surface area contributed by atoms with Crippen molar-refractivity contribution in [2.24, 2.45) is 5.10 Å². The molecule has 1 amide bonds. The van der Waals surface area contributed by atoms with Crippen LogP contribution in [0.15, 0.2) is 39.9 Å². The van der Waals surface area contributed by atoms with Crippen LogP contribution in [0, 0.1) is 0 Å². The number of nitrogens with zero attached hydrogens (tertiary/aromatic N) is 2. The molecule has 0 spiro atoms. The fourth-order valence-electron chi connectivity index (χ4n) is 2.56. The van der Waals surface area contributed by atoms with Crippen LogP contribution in [-0.2, 0) is 4.74 Å². The Morgan fingerprint density at radius 3 is 2.65 bits per heavy atom. The van der Waals surface area contributed by atoms with Crippen molar-refractivity contribution >= 4 is 18.0 Å². The number of rotatable bonds is 6. The Kier molecular flexibility index (Phi) is 5.75. The second kappa shape index (κ2) is 8.39. The Morgan fingerprint density at radius 1 is 1.15 bits per heavy atom. The summed E-state index contributed by atoms with van der Waals surface area (Å²) in [5.41, 5.74) is 2.88. The number of carbonyl (C=O) groups excluding carboxylic acids is 1. The zero-order valence-electron chi connectivity index (χ0n) is 14.7. The highest BCUT2D eigenvalue weighted by atomic mass is 16.5. The van der Waals surface area contributed by atoms with E-state index in [2.05, 4.69) is 15.4 Å². The molecular formula is C18H21N3O5. The van der Waals surface area contributed by atoms with Gasteiger partial charge in [0.05, 0.1) is 33.6 Å². The number of anilines is 1. The van der Waals surface area contributed by atoms with Gasteiger partial charge in [0.1, 0.15) is 5.76 Å². The fourth-order valence-corrected chi connectivity index (χ4v) is 2.56. The lowest BCUT2D eigenvalue weighted by molar-refractivity contribution is 0.0954. The van der Waals surface area contributed by atoms with Gasteiger partial charge in [-0.05, 0) is 24.3 Å². The number of hydrogen-bond acceptors (Lipinski definition) is 7. The lowest BCUT2D eigenvalue weighted by Crippen LogP contribution is -2.35. The zero-order valence-corrected chi connectivity index (χ0v) is 14.7. The summed E-state index contributed by atoms with van der Waals surface area (Å²) >= 11 is 0. The maximum absolute atomic E-state index is 12.2. The van der Waals surface area contributed by atoms with Gasteiger partial charge < -0.3 is 23.5 Å². The summed E-state index contributed by atoms with van der Waals surface area (Å²) in [6, 6.07) is 8.57. The average Bonchev–Trinajstić information content (AvgIpc) is 3.17. The molecule has 0 atom stereocenters. The van der Waals surface area contributed by atoms with E-state index in [4.69, 9.17) is 18.6 Å². The highest BCUT2D eigenvalue weighted by Gasteiger charge is 2.14. The maximum atomic E-state index is 12.2. The van der Waals surface area contributed by atoms with Crippen molar-refractivity contribution in [2.45, 2.75) is 0 Å². The summed E-state index contributed by atoms with van der Waals surface area (Å²) in [5.74, 6) is 1.99. The third-order valence-electron chi connectivity index (χ3n) is 3.94. The minimum absolute atomic E-state index is 0.359. The smallest absolute Gasteiger partial charge is 0.271 e. The summed E-state index contributed by atoms with van der Waals surface area (Å²) in [5, 5.41) is 3.94. The minimum atomic E-state index is -0.359. The van der Waals surface area contributed by atoms with Gasteiger partial charge in [0.2, 0.25) is 0 Å². The van der Waals surface area contributed by atoms with Crippen LogP contribution in [0.4, 0.5) is 5.88 Å². The molecule has 138 valence electrons. The second-order valence-corrected chi connectivity index (χ2v) is 5.54. The summed E-state index contributed by atoms with van der Waals surface area (Å²) in [6.45, 7) is 2.96. The molecule has 8 heteroatoms. The molecule has 26 heavy (non-hydrogen) atoms. The summed E-state index contributed by atoms with van der Waals surface area (Å²) in [6.07, 6.45) is 1.46. The molecule has 1 N–H and O–H groups in total. The van der Waals surface area contributed by atoms with E-state index < -0.39 is 0 Å². The lowest BCUT2D eigenvalue weighted by Gasteiger charge is -2.26. The number of methoxy groups -OCH3 is 2. The van der Waals surface area contributed by atoms with E-state index in [9.17, 15) is 4.79 Å². The minimum Gasteiger partial charge on any atom is -0.493 e. The van der Waals surface area contributed by atoms with Crippen molar-refractivity contribution in [2.75, 3.05) is 45.4 Å². The molecule has 0 unspecified atom stereocenters. The standard InChI is InChI=1S/C18H21N3O5/c1-23-15-5-3-13(11-16(15)24-2)18(22)20-19-12-14-4-6-17(26-14)21-7-9-25-10-8-21/h3-6,11-12H,7-10H2,1-2H3,(H,20,22)/b19-12+. The molecule has 1 aliphatic rings. The average molecular weight is 359 g/mol. The molecule has 2 aromatic rings. The number of amides is 1. The molecule has 0 saturated carbocycles. The summed E-state index contributed by atoms with van der Waals surface area (Å²) < 4.78 is 21.4. The van der Waals surface area contributed by atoms with Gasteiger partial charge in [-0.25, -0.2) is 5.43 Å². The molecule has 0 radical (unpaired) electrons. The Morgan fingerprint density at radius 2 is 1.92 bits per heavy atom. The number of furan rings is 1. The number of morpholine rings is 1. The monoisotopic (exact) mass is 359 g/mol. The first-order chi connectivity index (χ1) is 12.7. The Balaban J connectivity index is 1.60. The highest BCUT2D eigenvalue weighted by molar-refractivity contribution is 5.95. The number of hydrogen-bond donors (Lipinski definition) is 1. The van der Waals surface area contributed by atoms with Crippen LogP contribution < -0.4 is 19.8 Å². The first kappa shape index (κ1) is 17.8. The molecular weight excluding hydrogens is 338 g/mol. The number of hydrazone groups is 1. The van der Waals surface area contributed by atoms with E-state index in [0.717, 1.165) is 19.0 Å². The highest BCUT2D eigenvalue weighted by Crippen LogP contribution is 2.27. The van der Waals surface area contributed by atoms with Gasteiger partial charge in [0.25, 0.3) is 5.91 Å². The van der Waals surface area contributed by atoms with Crippen LogP contribution in [0.25, 0.3) is 0 Å². The Hall–Kier alpha value is -3.00. The predicted octanol–water partition coefficient (Wildman–Crippen LogP) is 1.90. The first-order valence-corrected chi connectivity index (χ1v) is 8.19. The van der Waals surface area contributed by atoms with Crippen LogP contribution in [-0.4, -0.2) is 52.6 Å². The molecule has 1 saturated heterocycles. The topological polar surface area (TPSA) is 85.5 Å². The number of benzene rings is 1. The van der Waals surface area contributed by atoms with Gasteiger partial charge in [-0.2, -0.15) is 5.10 Å². The third kappa shape index (κ3) is 4.15. The molecule has 0 bridgehead atoms. The number of carbonyl (C=O) groups is 1. The maximum Gasteiger partial charge on any atom is 0.271 e. The van der Waals surface area contributed by atoms with E-state index in [1.54, 1.807) is 24.3 Å². The van der Waals surface area contributed by atoms with Crippen LogP contribution in [0.2, 0.25) is 0 Å². The van der Waals surface area contributed by atoms with E-state index in [0.29, 0.717) is 36.0 Å². The fraction of sp³-hybridized carbons (Fsp3) is 0.333. The van der Waals surface area contributed by atoms with Crippen LogP contribution in [0.3, 0.4) is 0 Å². The SMILES string of the molecule is COc1ccc(C(=O)N/N=C/c2ccc(N3CCOCC3)o2)cc1OC. The van der Waals surface area contributed by atoms with Gasteiger partial charge in [0, 0.05) is 24.7 Å². The van der Waals surface area contributed by atoms with E-state index in [1.165, 1.54) is 20.4 Å². The third-order valence-corrected chi connectivity index (χ3v) is 3.94. The molecule has 1 fully saturated rings. The Bertz CT molecular complexity index is 781. The van der Waals surface area contributed by atoms with E-state index in [-0.39, 0.29) is 5.91 Å². The quantitative estimate of drug-likeness (QED) is 0.626. The van der Waals surface area contributed by atoms with Gasteiger partial charge in [-0.1, -0.05) is 0 Å². The normalized spacial score (nSPS) is 14.5. The van der Waals surface area contributed by atoms with Crippen molar-refractivity contribution in [3.05, 3.63) is 41.7 Å². The van der Waals surface area contributed by atoms with Crippen molar-refractivity contribution < 1.29 is 23.4 Å². The molecule has 3 rings (SSSR count). The molecule has 1 aromatic carbocycles. The first-order valence-electron chi connectivity index (χ1n) is 8.19. The molecule has 2 heterocycles. The zero-order chi connectivity index (χ0) is 18.4.